The van der Waals surface area contributed by atoms with E-state index in [0.29, 0.717) is 16.7 Å². The van der Waals surface area contributed by atoms with E-state index in [2.05, 4.69) is 9.97 Å². The third-order valence-electron chi connectivity index (χ3n) is 2.97. The van der Waals surface area contributed by atoms with Crippen LogP contribution in [0.4, 0.5) is 11.6 Å². The average Bonchev–Trinajstić information content (AvgIpc) is 2.68. The number of ether oxygens (including phenoxy) is 1. The number of rotatable bonds is 2. The zero-order valence-corrected chi connectivity index (χ0v) is 10.1. The van der Waals surface area contributed by atoms with E-state index in [1.165, 1.54) is 6.33 Å². The highest BCUT2D eigenvalue weighted by atomic mass is 35.5. The number of nitrogens with two attached hydrogens (primary N) is 1. The lowest BCUT2D eigenvalue weighted by Crippen LogP contribution is -2.37. The highest BCUT2D eigenvalue weighted by Crippen LogP contribution is 2.30. The van der Waals surface area contributed by atoms with Crippen LogP contribution in [0.15, 0.2) is 6.33 Å². The molecule has 5 nitrogen and oxygen atoms in total. The van der Waals surface area contributed by atoms with Crippen molar-refractivity contribution in [1.29, 1.82) is 0 Å². The van der Waals surface area contributed by atoms with Gasteiger partial charge in [-0.2, -0.15) is 0 Å². The summed E-state index contributed by atoms with van der Waals surface area (Å²) >= 11 is 6.08. The molecule has 16 heavy (non-hydrogen) atoms. The van der Waals surface area contributed by atoms with Gasteiger partial charge >= 0.3 is 0 Å². The number of hydrogen-bond acceptors (Lipinski definition) is 5. The van der Waals surface area contributed by atoms with Crippen molar-refractivity contribution in [2.45, 2.75) is 25.5 Å². The molecule has 88 valence electrons. The van der Waals surface area contributed by atoms with Gasteiger partial charge in [-0.3, -0.25) is 0 Å². The SMILES string of the molecule is CC1OCCC1N(C)c1ncnc(N)c1Cl. The van der Waals surface area contributed by atoms with Gasteiger partial charge in [-0.25, -0.2) is 9.97 Å². The van der Waals surface area contributed by atoms with Crippen LogP contribution in [0.3, 0.4) is 0 Å². The van der Waals surface area contributed by atoms with Gasteiger partial charge in [0.25, 0.3) is 0 Å². The number of likely N-dealkylation sites (N-methyl/N-ethyl adjacent to an activating group) is 1. The summed E-state index contributed by atoms with van der Waals surface area (Å²) in [6.07, 6.45) is 2.57. The Morgan fingerprint density at radius 2 is 2.31 bits per heavy atom. The molecule has 1 fully saturated rings. The van der Waals surface area contributed by atoms with Gasteiger partial charge in [-0.1, -0.05) is 11.6 Å². The van der Waals surface area contributed by atoms with E-state index < -0.39 is 0 Å². The monoisotopic (exact) mass is 242 g/mol. The van der Waals surface area contributed by atoms with E-state index in [9.17, 15) is 0 Å². The lowest BCUT2D eigenvalue weighted by molar-refractivity contribution is 0.118. The molecular formula is C10H15ClN4O. The van der Waals surface area contributed by atoms with Crippen LogP contribution >= 0.6 is 11.6 Å². The lowest BCUT2D eigenvalue weighted by atomic mass is 10.1. The first-order valence-electron chi connectivity index (χ1n) is 5.21. The van der Waals surface area contributed by atoms with Crippen molar-refractivity contribution in [2.75, 3.05) is 24.3 Å². The molecule has 0 spiro atoms. The first-order chi connectivity index (χ1) is 7.61. The maximum atomic E-state index is 6.08. The molecule has 2 atom stereocenters. The van der Waals surface area contributed by atoms with Crippen molar-refractivity contribution in [1.82, 2.24) is 9.97 Å². The van der Waals surface area contributed by atoms with Gasteiger partial charge in [0.1, 0.15) is 17.2 Å². The van der Waals surface area contributed by atoms with Crippen LogP contribution in [0.2, 0.25) is 5.02 Å². The van der Waals surface area contributed by atoms with E-state index in [4.69, 9.17) is 22.1 Å². The average molecular weight is 243 g/mol. The maximum absolute atomic E-state index is 6.08. The van der Waals surface area contributed by atoms with E-state index in [1.54, 1.807) is 0 Å². The Kier molecular flexibility index (Phi) is 3.16. The minimum atomic E-state index is 0.178. The minimum Gasteiger partial charge on any atom is -0.382 e. The van der Waals surface area contributed by atoms with Crippen molar-refractivity contribution in [3.05, 3.63) is 11.3 Å². The van der Waals surface area contributed by atoms with Gasteiger partial charge in [0, 0.05) is 13.7 Å². The van der Waals surface area contributed by atoms with Gasteiger partial charge in [0.2, 0.25) is 0 Å². The fourth-order valence-electron chi connectivity index (χ4n) is 2.01. The third kappa shape index (κ3) is 1.92. The largest absolute Gasteiger partial charge is 0.382 e. The summed E-state index contributed by atoms with van der Waals surface area (Å²) in [6, 6.07) is 0.284. The summed E-state index contributed by atoms with van der Waals surface area (Å²) in [5.74, 6) is 0.974. The second kappa shape index (κ2) is 4.43. The Morgan fingerprint density at radius 3 is 2.94 bits per heavy atom. The summed E-state index contributed by atoms with van der Waals surface area (Å²) in [5.41, 5.74) is 5.65. The summed E-state index contributed by atoms with van der Waals surface area (Å²) in [4.78, 5) is 10.0. The normalized spacial score (nSPS) is 24.7. The number of aromatic nitrogens is 2. The number of halogens is 1. The zero-order valence-electron chi connectivity index (χ0n) is 9.35. The van der Waals surface area contributed by atoms with Crippen LogP contribution in [0.5, 0.6) is 0 Å². The molecule has 1 aliphatic heterocycles. The van der Waals surface area contributed by atoms with Crippen molar-refractivity contribution in [3.8, 4) is 0 Å². The van der Waals surface area contributed by atoms with Gasteiger partial charge in [0.05, 0.1) is 12.1 Å². The Bertz CT molecular complexity index is 387. The lowest BCUT2D eigenvalue weighted by Gasteiger charge is -2.28. The molecule has 0 aliphatic carbocycles. The maximum Gasteiger partial charge on any atom is 0.153 e. The first kappa shape index (κ1) is 11.4. The van der Waals surface area contributed by atoms with Crippen LogP contribution in [0.25, 0.3) is 0 Å². The molecule has 2 N–H and O–H groups in total. The molecule has 0 radical (unpaired) electrons. The number of anilines is 2. The molecule has 6 heteroatoms. The molecule has 0 saturated carbocycles. The summed E-state index contributed by atoms with van der Waals surface area (Å²) in [7, 11) is 1.95. The quantitative estimate of drug-likeness (QED) is 0.848. The molecule has 0 bridgehead atoms. The van der Waals surface area contributed by atoms with Crippen molar-refractivity contribution >= 4 is 23.2 Å². The van der Waals surface area contributed by atoms with Crippen molar-refractivity contribution in [2.24, 2.45) is 0 Å². The first-order valence-corrected chi connectivity index (χ1v) is 5.59. The molecule has 2 unspecified atom stereocenters. The van der Waals surface area contributed by atoms with Crippen LogP contribution < -0.4 is 10.6 Å². The summed E-state index contributed by atoms with van der Waals surface area (Å²) < 4.78 is 5.52. The van der Waals surface area contributed by atoms with Crippen molar-refractivity contribution in [3.63, 3.8) is 0 Å². The third-order valence-corrected chi connectivity index (χ3v) is 3.33. The van der Waals surface area contributed by atoms with Crippen LogP contribution in [0, 0.1) is 0 Å². The molecule has 2 heterocycles. The Balaban J connectivity index is 2.26. The van der Waals surface area contributed by atoms with E-state index in [-0.39, 0.29) is 12.1 Å². The summed E-state index contributed by atoms with van der Waals surface area (Å²) in [5, 5.41) is 0.407. The second-order valence-corrected chi connectivity index (χ2v) is 4.32. The van der Waals surface area contributed by atoms with E-state index in [1.807, 2.05) is 18.9 Å². The molecule has 1 aromatic rings. The molecule has 1 aliphatic rings. The predicted octanol–water partition coefficient (Wildman–Crippen LogP) is 1.33. The smallest absolute Gasteiger partial charge is 0.153 e. The van der Waals surface area contributed by atoms with Gasteiger partial charge in [0.15, 0.2) is 5.82 Å². The number of nitrogen functional groups attached to an aromatic ring is 1. The topological polar surface area (TPSA) is 64.3 Å². The standard InChI is InChI=1S/C10H15ClN4O/c1-6-7(3-4-16-6)15(2)10-8(11)9(12)13-5-14-10/h5-7H,3-4H2,1-2H3,(H2,12,13,14). The number of hydrogen-bond donors (Lipinski definition) is 1. The predicted molar refractivity (Wildman–Crippen MR) is 63.7 cm³/mol. The molecule has 0 aromatic carbocycles. The fourth-order valence-corrected chi connectivity index (χ4v) is 2.24. The van der Waals surface area contributed by atoms with Crippen LogP contribution in [-0.4, -0.2) is 35.8 Å². The molecule has 1 saturated heterocycles. The number of nitrogens with zero attached hydrogens (tertiary/aromatic N) is 3. The Morgan fingerprint density at radius 1 is 1.56 bits per heavy atom. The van der Waals surface area contributed by atoms with Gasteiger partial charge in [-0.15, -0.1) is 0 Å². The highest BCUT2D eigenvalue weighted by Gasteiger charge is 2.29. The molecule has 0 amide bonds. The Hall–Kier alpha value is -1.07. The molecule has 2 rings (SSSR count). The highest BCUT2D eigenvalue weighted by molar-refractivity contribution is 6.35. The zero-order chi connectivity index (χ0) is 11.7. The molecule has 1 aromatic heterocycles. The second-order valence-electron chi connectivity index (χ2n) is 3.94. The fraction of sp³-hybridized carbons (Fsp3) is 0.600. The molecular weight excluding hydrogens is 228 g/mol. The van der Waals surface area contributed by atoms with Crippen molar-refractivity contribution < 1.29 is 4.74 Å². The van der Waals surface area contributed by atoms with Gasteiger partial charge in [-0.05, 0) is 13.3 Å². The van der Waals surface area contributed by atoms with E-state index >= 15 is 0 Å². The van der Waals surface area contributed by atoms with E-state index in [0.717, 1.165) is 13.0 Å². The summed E-state index contributed by atoms with van der Waals surface area (Å²) in [6.45, 7) is 2.82. The van der Waals surface area contributed by atoms with Crippen LogP contribution in [-0.2, 0) is 4.74 Å². The van der Waals surface area contributed by atoms with Crippen LogP contribution in [0.1, 0.15) is 13.3 Å². The Labute approximate surface area is 99.6 Å². The minimum absolute atomic E-state index is 0.178. The van der Waals surface area contributed by atoms with Gasteiger partial charge < -0.3 is 15.4 Å².